The number of ether oxygens (including phenoxy) is 1. The van der Waals surface area contributed by atoms with E-state index in [1.54, 1.807) is 0 Å². The Morgan fingerprint density at radius 3 is 2.81 bits per heavy atom. The van der Waals surface area contributed by atoms with Gasteiger partial charge >= 0.3 is 0 Å². The van der Waals surface area contributed by atoms with Crippen LogP contribution in [0.1, 0.15) is 37.7 Å². The molecule has 0 bridgehead atoms. The van der Waals surface area contributed by atoms with Crippen LogP contribution in [0.15, 0.2) is 36.7 Å². The molecule has 114 valence electrons. The molecule has 2 rings (SSSR count). The highest BCUT2D eigenvalue weighted by Gasteiger charge is 2.16. The van der Waals surface area contributed by atoms with Crippen LogP contribution in [-0.2, 0) is 13.0 Å². The Labute approximate surface area is 127 Å². The standard InChI is InChI=1S/C17H25N3O/c1-4-8-17-19-11-12-20(17)13-15(18-3)14-9-6-7-10-16(14)21-5-2/h6-7,9-12,15,18H,4-5,8,13H2,1-3H3. The number of nitrogens with one attached hydrogen (secondary N) is 1. The van der Waals surface area contributed by atoms with Gasteiger partial charge in [-0.15, -0.1) is 0 Å². The maximum Gasteiger partial charge on any atom is 0.124 e. The monoisotopic (exact) mass is 287 g/mol. The number of para-hydroxylation sites is 1. The van der Waals surface area contributed by atoms with Crippen LogP contribution in [0, 0.1) is 0 Å². The highest BCUT2D eigenvalue weighted by Crippen LogP contribution is 2.26. The lowest BCUT2D eigenvalue weighted by Gasteiger charge is -2.21. The predicted molar refractivity (Wildman–Crippen MR) is 85.6 cm³/mol. The fraction of sp³-hybridized carbons (Fsp3) is 0.471. The molecule has 0 aliphatic heterocycles. The largest absolute Gasteiger partial charge is 0.494 e. The molecule has 1 heterocycles. The number of benzene rings is 1. The van der Waals surface area contributed by atoms with E-state index >= 15 is 0 Å². The molecular weight excluding hydrogens is 262 g/mol. The van der Waals surface area contributed by atoms with E-state index in [1.165, 1.54) is 5.56 Å². The molecule has 0 aliphatic rings. The first-order valence-electron chi connectivity index (χ1n) is 7.69. The maximum atomic E-state index is 5.75. The van der Waals surface area contributed by atoms with Crippen molar-refractivity contribution < 1.29 is 4.74 Å². The summed E-state index contributed by atoms with van der Waals surface area (Å²) in [5, 5.41) is 3.40. The van der Waals surface area contributed by atoms with E-state index in [-0.39, 0.29) is 6.04 Å². The van der Waals surface area contributed by atoms with Crippen LogP contribution >= 0.6 is 0 Å². The van der Waals surface area contributed by atoms with E-state index in [2.05, 4.69) is 40.1 Å². The molecule has 2 aromatic rings. The number of hydrogen-bond acceptors (Lipinski definition) is 3. The summed E-state index contributed by atoms with van der Waals surface area (Å²) in [7, 11) is 1.99. The molecule has 21 heavy (non-hydrogen) atoms. The lowest BCUT2D eigenvalue weighted by molar-refractivity contribution is 0.329. The molecule has 1 aromatic heterocycles. The van der Waals surface area contributed by atoms with Crippen molar-refractivity contribution in [3.8, 4) is 5.75 Å². The smallest absolute Gasteiger partial charge is 0.124 e. The van der Waals surface area contributed by atoms with Crippen LogP contribution in [0.5, 0.6) is 5.75 Å². The number of rotatable bonds is 8. The molecule has 1 unspecified atom stereocenters. The van der Waals surface area contributed by atoms with Crippen molar-refractivity contribution in [3.05, 3.63) is 48.0 Å². The summed E-state index contributed by atoms with van der Waals surface area (Å²) in [5.41, 5.74) is 1.19. The van der Waals surface area contributed by atoms with E-state index in [0.717, 1.165) is 31.0 Å². The average molecular weight is 287 g/mol. The summed E-state index contributed by atoms with van der Waals surface area (Å²) in [6, 6.07) is 8.44. The van der Waals surface area contributed by atoms with Crippen LogP contribution in [0.4, 0.5) is 0 Å². The Bertz CT molecular complexity index is 550. The quantitative estimate of drug-likeness (QED) is 0.810. The third-order valence-electron chi connectivity index (χ3n) is 3.60. The second-order valence-electron chi connectivity index (χ2n) is 5.06. The Morgan fingerprint density at radius 2 is 2.10 bits per heavy atom. The van der Waals surface area contributed by atoms with Gasteiger partial charge in [-0.2, -0.15) is 0 Å². The molecule has 1 aromatic carbocycles. The number of nitrogens with zero attached hydrogens (tertiary/aromatic N) is 2. The Balaban J connectivity index is 2.21. The van der Waals surface area contributed by atoms with Crippen molar-refractivity contribution in [2.24, 2.45) is 0 Å². The van der Waals surface area contributed by atoms with E-state index in [0.29, 0.717) is 6.61 Å². The van der Waals surface area contributed by atoms with Gasteiger partial charge < -0.3 is 14.6 Å². The van der Waals surface area contributed by atoms with Crippen molar-refractivity contribution in [3.63, 3.8) is 0 Å². The second-order valence-corrected chi connectivity index (χ2v) is 5.06. The highest BCUT2D eigenvalue weighted by molar-refractivity contribution is 5.36. The third kappa shape index (κ3) is 3.85. The van der Waals surface area contributed by atoms with Crippen molar-refractivity contribution in [2.45, 2.75) is 39.3 Å². The fourth-order valence-corrected chi connectivity index (χ4v) is 2.56. The Morgan fingerprint density at radius 1 is 1.29 bits per heavy atom. The van der Waals surface area contributed by atoms with Gasteiger partial charge in [0, 0.05) is 30.9 Å². The number of aromatic nitrogens is 2. The molecule has 0 radical (unpaired) electrons. The maximum absolute atomic E-state index is 5.75. The zero-order valence-corrected chi connectivity index (χ0v) is 13.2. The minimum atomic E-state index is 0.206. The lowest BCUT2D eigenvalue weighted by Crippen LogP contribution is -2.23. The molecule has 4 nitrogen and oxygen atoms in total. The third-order valence-corrected chi connectivity index (χ3v) is 3.60. The summed E-state index contributed by atoms with van der Waals surface area (Å²) in [4.78, 5) is 4.45. The Hall–Kier alpha value is -1.81. The van der Waals surface area contributed by atoms with E-state index in [4.69, 9.17) is 4.74 Å². The topological polar surface area (TPSA) is 39.1 Å². The number of imidazole rings is 1. The van der Waals surface area contributed by atoms with Crippen molar-refractivity contribution in [1.29, 1.82) is 0 Å². The van der Waals surface area contributed by atoms with Crippen LogP contribution in [0.2, 0.25) is 0 Å². The zero-order chi connectivity index (χ0) is 15.1. The molecule has 0 saturated carbocycles. The molecule has 0 fully saturated rings. The minimum Gasteiger partial charge on any atom is -0.494 e. The first-order valence-corrected chi connectivity index (χ1v) is 7.69. The van der Waals surface area contributed by atoms with Crippen molar-refractivity contribution >= 4 is 0 Å². The summed E-state index contributed by atoms with van der Waals surface area (Å²) < 4.78 is 7.98. The first-order chi connectivity index (χ1) is 10.3. The van der Waals surface area contributed by atoms with Crippen molar-refractivity contribution in [2.75, 3.05) is 13.7 Å². The van der Waals surface area contributed by atoms with Crippen LogP contribution in [0.3, 0.4) is 0 Å². The second kappa shape index (κ2) is 7.84. The molecule has 0 spiro atoms. The lowest BCUT2D eigenvalue weighted by atomic mass is 10.1. The summed E-state index contributed by atoms with van der Waals surface area (Å²) in [5.74, 6) is 2.10. The van der Waals surface area contributed by atoms with Gasteiger partial charge in [0.1, 0.15) is 11.6 Å². The predicted octanol–water partition coefficient (Wildman–Crippen LogP) is 3.20. The summed E-state index contributed by atoms with van der Waals surface area (Å²) in [6.07, 6.45) is 6.05. The van der Waals surface area contributed by atoms with Crippen LogP contribution in [0.25, 0.3) is 0 Å². The van der Waals surface area contributed by atoms with E-state index in [9.17, 15) is 0 Å². The first kappa shape index (κ1) is 15.6. The van der Waals surface area contributed by atoms with Crippen LogP contribution in [-0.4, -0.2) is 23.2 Å². The van der Waals surface area contributed by atoms with E-state index < -0.39 is 0 Å². The van der Waals surface area contributed by atoms with E-state index in [1.807, 2.05) is 32.3 Å². The van der Waals surface area contributed by atoms with Crippen molar-refractivity contribution in [1.82, 2.24) is 14.9 Å². The van der Waals surface area contributed by atoms with Gasteiger partial charge in [0.25, 0.3) is 0 Å². The molecule has 0 saturated heterocycles. The molecular formula is C17H25N3O. The van der Waals surface area contributed by atoms with Gasteiger partial charge in [-0.1, -0.05) is 25.1 Å². The number of hydrogen-bond donors (Lipinski definition) is 1. The van der Waals surface area contributed by atoms with Gasteiger partial charge in [-0.25, -0.2) is 4.98 Å². The minimum absolute atomic E-state index is 0.206. The van der Waals surface area contributed by atoms with Gasteiger partial charge in [0.2, 0.25) is 0 Å². The summed E-state index contributed by atoms with van der Waals surface area (Å²) in [6.45, 7) is 5.73. The molecule has 1 N–H and O–H groups in total. The number of aryl methyl sites for hydroxylation is 1. The van der Waals surface area contributed by atoms with Gasteiger partial charge in [0.15, 0.2) is 0 Å². The highest BCUT2D eigenvalue weighted by atomic mass is 16.5. The van der Waals surface area contributed by atoms with Gasteiger partial charge in [-0.3, -0.25) is 0 Å². The summed E-state index contributed by atoms with van der Waals surface area (Å²) >= 11 is 0. The zero-order valence-electron chi connectivity index (χ0n) is 13.2. The van der Waals surface area contributed by atoms with Gasteiger partial charge in [0.05, 0.1) is 12.6 Å². The molecule has 1 atom stereocenters. The molecule has 0 aliphatic carbocycles. The SMILES string of the molecule is CCCc1nccn1CC(NC)c1ccccc1OCC. The molecule has 4 heteroatoms. The molecule has 0 amide bonds. The van der Waals surface area contributed by atoms with Crippen LogP contribution < -0.4 is 10.1 Å². The number of likely N-dealkylation sites (N-methyl/N-ethyl adjacent to an activating group) is 1. The van der Waals surface area contributed by atoms with Gasteiger partial charge in [-0.05, 0) is 26.5 Å². The Kier molecular flexibility index (Phi) is 5.81. The fourth-order valence-electron chi connectivity index (χ4n) is 2.56. The average Bonchev–Trinajstić information content (AvgIpc) is 2.93. The normalized spacial score (nSPS) is 12.3.